The highest BCUT2D eigenvalue weighted by atomic mass is 32.1. The summed E-state index contributed by atoms with van der Waals surface area (Å²) in [5.74, 6) is -0.252. The molecule has 0 unspecified atom stereocenters. The van der Waals surface area contributed by atoms with Crippen molar-refractivity contribution in [1.82, 2.24) is 9.55 Å². The number of para-hydroxylation sites is 1. The lowest BCUT2D eigenvalue weighted by Crippen LogP contribution is -2.33. The highest BCUT2D eigenvalue weighted by Gasteiger charge is 2.32. The van der Waals surface area contributed by atoms with Crippen molar-refractivity contribution in [1.29, 1.82) is 0 Å². The van der Waals surface area contributed by atoms with Crippen molar-refractivity contribution < 1.29 is 9.13 Å². The van der Waals surface area contributed by atoms with Gasteiger partial charge in [-0.2, -0.15) is 0 Å². The zero-order valence-electron chi connectivity index (χ0n) is 10.1. The fourth-order valence-corrected chi connectivity index (χ4v) is 2.95. The van der Waals surface area contributed by atoms with E-state index in [1.165, 1.54) is 6.07 Å². The number of benzene rings is 1. The molecular weight excluding hydrogens is 251 g/mol. The lowest BCUT2D eigenvalue weighted by atomic mass is 9.89. The van der Waals surface area contributed by atoms with Crippen LogP contribution < -0.4 is 0 Å². The second-order valence-corrected chi connectivity index (χ2v) is 5.02. The number of nitrogens with zero attached hydrogens (tertiary/aromatic N) is 1. The maximum atomic E-state index is 13.6. The van der Waals surface area contributed by atoms with Gasteiger partial charge in [0.1, 0.15) is 11.3 Å². The topological polar surface area (TPSA) is 29.9 Å². The first-order valence-corrected chi connectivity index (χ1v) is 6.62. The molecule has 0 amide bonds. The normalized spacial score (nSPS) is 23.2. The van der Waals surface area contributed by atoms with Gasteiger partial charge in [0.25, 0.3) is 0 Å². The Hall–Kier alpha value is -1.20. The Morgan fingerprint density at radius 1 is 1.50 bits per heavy atom. The molecule has 96 valence electrons. The molecule has 0 radical (unpaired) electrons. The molecule has 1 aromatic carbocycles. The zero-order valence-corrected chi connectivity index (χ0v) is 11.0. The van der Waals surface area contributed by atoms with Crippen LogP contribution in [-0.2, 0) is 4.74 Å². The monoisotopic (exact) mass is 266 g/mol. The third kappa shape index (κ3) is 1.78. The molecule has 1 aliphatic carbocycles. The maximum Gasteiger partial charge on any atom is 0.178 e. The molecule has 1 heterocycles. The van der Waals surface area contributed by atoms with E-state index < -0.39 is 0 Å². The van der Waals surface area contributed by atoms with Gasteiger partial charge >= 0.3 is 0 Å². The fraction of sp³-hybridized carbons (Fsp3) is 0.462. The van der Waals surface area contributed by atoms with Gasteiger partial charge in [0.15, 0.2) is 4.77 Å². The number of H-pyrrole nitrogens is 1. The summed E-state index contributed by atoms with van der Waals surface area (Å²) in [6, 6.07) is 5.39. The average Bonchev–Trinajstić information content (AvgIpc) is 2.62. The van der Waals surface area contributed by atoms with Gasteiger partial charge < -0.3 is 14.3 Å². The van der Waals surface area contributed by atoms with E-state index in [-0.39, 0.29) is 5.82 Å². The molecule has 1 aliphatic rings. The minimum atomic E-state index is -0.252. The van der Waals surface area contributed by atoms with Crippen LogP contribution in [0.1, 0.15) is 25.8 Å². The van der Waals surface area contributed by atoms with Crippen molar-refractivity contribution in [3.8, 4) is 0 Å². The van der Waals surface area contributed by atoms with E-state index in [2.05, 4.69) is 4.98 Å². The van der Waals surface area contributed by atoms with Gasteiger partial charge in [-0.05, 0) is 44.1 Å². The lowest BCUT2D eigenvalue weighted by Gasteiger charge is -2.36. The van der Waals surface area contributed by atoms with Crippen LogP contribution in [0.3, 0.4) is 0 Å². The van der Waals surface area contributed by atoms with Crippen LogP contribution >= 0.6 is 12.2 Å². The van der Waals surface area contributed by atoms with Gasteiger partial charge in [-0.3, -0.25) is 0 Å². The van der Waals surface area contributed by atoms with Crippen molar-refractivity contribution in [2.24, 2.45) is 0 Å². The quantitative estimate of drug-likeness (QED) is 0.861. The lowest BCUT2D eigenvalue weighted by molar-refractivity contribution is -0.0190. The predicted molar refractivity (Wildman–Crippen MR) is 70.8 cm³/mol. The molecule has 0 bridgehead atoms. The van der Waals surface area contributed by atoms with Crippen molar-refractivity contribution in [3.05, 3.63) is 28.8 Å². The third-order valence-corrected chi connectivity index (χ3v) is 3.84. The van der Waals surface area contributed by atoms with Crippen molar-refractivity contribution >= 4 is 23.3 Å². The second kappa shape index (κ2) is 4.48. The molecule has 1 saturated carbocycles. The van der Waals surface area contributed by atoms with Crippen molar-refractivity contribution in [2.75, 3.05) is 6.61 Å². The number of ether oxygens (including phenoxy) is 1. The van der Waals surface area contributed by atoms with Crippen LogP contribution in [0, 0.1) is 10.6 Å². The van der Waals surface area contributed by atoms with Crippen LogP contribution in [0.25, 0.3) is 11.0 Å². The Morgan fingerprint density at radius 2 is 2.28 bits per heavy atom. The van der Waals surface area contributed by atoms with E-state index in [1.807, 2.05) is 17.6 Å². The molecule has 0 saturated heterocycles. The number of aromatic amines is 1. The van der Waals surface area contributed by atoms with Gasteiger partial charge in [-0.15, -0.1) is 0 Å². The molecule has 0 atom stereocenters. The fourth-order valence-electron chi connectivity index (χ4n) is 2.60. The van der Waals surface area contributed by atoms with E-state index >= 15 is 0 Å². The summed E-state index contributed by atoms with van der Waals surface area (Å²) < 4.78 is 21.8. The van der Waals surface area contributed by atoms with Crippen LogP contribution in [0.15, 0.2) is 18.2 Å². The van der Waals surface area contributed by atoms with Crippen molar-refractivity contribution in [2.45, 2.75) is 31.9 Å². The zero-order chi connectivity index (χ0) is 12.7. The summed E-state index contributed by atoms with van der Waals surface area (Å²) in [4.78, 5) is 2.95. The van der Waals surface area contributed by atoms with E-state index in [0.717, 1.165) is 25.0 Å². The number of fused-ring (bicyclic) bond motifs is 1. The number of hydrogen-bond acceptors (Lipinski definition) is 2. The number of rotatable bonds is 3. The van der Waals surface area contributed by atoms with Gasteiger partial charge in [-0.25, -0.2) is 4.39 Å². The Bertz CT molecular complexity index is 627. The standard InChI is InChI=1S/C13H15FN2OS/c1-2-17-9-6-8(7-9)16-11-5-3-4-10(14)12(11)15-13(16)18/h3-5,8-9H,2,6-7H2,1H3,(H,15,18). The van der Waals surface area contributed by atoms with Crippen LogP contribution in [0.5, 0.6) is 0 Å². The molecule has 1 N–H and O–H groups in total. The third-order valence-electron chi connectivity index (χ3n) is 3.54. The minimum Gasteiger partial charge on any atom is -0.378 e. The molecule has 3 rings (SSSR count). The Labute approximate surface area is 110 Å². The predicted octanol–water partition coefficient (Wildman–Crippen LogP) is 3.58. The Morgan fingerprint density at radius 3 is 3.00 bits per heavy atom. The highest BCUT2D eigenvalue weighted by molar-refractivity contribution is 7.71. The minimum absolute atomic E-state index is 0.252. The molecule has 3 nitrogen and oxygen atoms in total. The molecule has 0 aliphatic heterocycles. The number of hydrogen-bond donors (Lipinski definition) is 1. The summed E-state index contributed by atoms with van der Waals surface area (Å²) >= 11 is 5.29. The highest BCUT2D eigenvalue weighted by Crippen LogP contribution is 2.37. The van der Waals surface area contributed by atoms with E-state index in [0.29, 0.717) is 22.4 Å². The largest absolute Gasteiger partial charge is 0.378 e. The van der Waals surface area contributed by atoms with E-state index in [4.69, 9.17) is 17.0 Å². The maximum absolute atomic E-state index is 13.6. The van der Waals surface area contributed by atoms with Crippen LogP contribution in [-0.4, -0.2) is 22.3 Å². The molecular formula is C13H15FN2OS. The Balaban J connectivity index is 1.96. The second-order valence-electron chi connectivity index (χ2n) is 4.64. The summed E-state index contributed by atoms with van der Waals surface area (Å²) in [5, 5.41) is 0. The number of halogens is 1. The van der Waals surface area contributed by atoms with Gasteiger partial charge in [0.05, 0.1) is 11.6 Å². The molecule has 0 spiro atoms. The molecule has 1 aromatic heterocycles. The van der Waals surface area contributed by atoms with Gasteiger partial charge in [0, 0.05) is 12.6 Å². The molecule has 18 heavy (non-hydrogen) atoms. The Kier molecular flexibility index (Phi) is 2.95. The first kappa shape index (κ1) is 11.9. The number of imidazole rings is 1. The first-order valence-electron chi connectivity index (χ1n) is 6.21. The van der Waals surface area contributed by atoms with Gasteiger partial charge in [-0.1, -0.05) is 6.07 Å². The number of aromatic nitrogens is 2. The average molecular weight is 266 g/mol. The number of nitrogens with one attached hydrogen (secondary N) is 1. The summed E-state index contributed by atoms with van der Waals surface area (Å²) in [6.07, 6.45) is 2.22. The summed E-state index contributed by atoms with van der Waals surface area (Å²) in [7, 11) is 0. The van der Waals surface area contributed by atoms with Crippen molar-refractivity contribution in [3.63, 3.8) is 0 Å². The summed E-state index contributed by atoms with van der Waals surface area (Å²) in [5.41, 5.74) is 1.35. The molecule has 5 heteroatoms. The van der Waals surface area contributed by atoms with Crippen LogP contribution in [0.4, 0.5) is 4.39 Å². The van der Waals surface area contributed by atoms with Gasteiger partial charge in [0.2, 0.25) is 0 Å². The molecule has 1 fully saturated rings. The van der Waals surface area contributed by atoms with E-state index in [9.17, 15) is 4.39 Å². The molecule has 2 aromatic rings. The summed E-state index contributed by atoms with van der Waals surface area (Å²) in [6.45, 7) is 2.74. The van der Waals surface area contributed by atoms with Crippen LogP contribution in [0.2, 0.25) is 0 Å². The SMILES string of the molecule is CCOC1CC(n2c(=S)[nH]c3c(F)cccc32)C1. The van der Waals surface area contributed by atoms with E-state index in [1.54, 1.807) is 6.07 Å². The first-order chi connectivity index (χ1) is 8.70. The smallest absolute Gasteiger partial charge is 0.178 e.